The van der Waals surface area contributed by atoms with Gasteiger partial charge >= 0.3 is 13.2 Å². The Labute approximate surface area is 114 Å². The largest absolute Gasteiger partial charge is 0.435 e. The second kappa shape index (κ2) is 7.94. The Hall–Kier alpha value is -1.50. The predicted molar refractivity (Wildman–Crippen MR) is 66.3 cm³/mol. The highest BCUT2D eigenvalue weighted by atomic mass is 19.3. The summed E-state index contributed by atoms with van der Waals surface area (Å²) >= 11 is 0. The molecule has 114 valence electrons. The fraction of sp³-hybridized carbons (Fsp3) is 0.538. The summed E-state index contributed by atoms with van der Waals surface area (Å²) in [7, 11) is 0. The van der Waals surface area contributed by atoms with Crippen LogP contribution < -0.4 is 14.8 Å². The van der Waals surface area contributed by atoms with Gasteiger partial charge in [0.2, 0.25) is 0 Å². The van der Waals surface area contributed by atoms with Gasteiger partial charge in [0, 0.05) is 24.2 Å². The van der Waals surface area contributed by atoms with E-state index in [9.17, 15) is 17.6 Å². The number of hydrogen-bond acceptors (Lipinski definition) is 3. The molecule has 1 aromatic carbocycles. The summed E-state index contributed by atoms with van der Waals surface area (Å²) < 4.78 is 57.3. The molecule has 0 fully saturated rings. The maximum absolute atomic E-state index is 12.3. The van der Waals surface area contributed by atoms with Crippen molar-refractivity contribution < 1.29 is 27.0 Å². The molecule has 1 N–H and O–H groups in total. The van der Waals surface area contributed by atoms with E-state index in [1.807, 2.05) is 13.8 Å². The Kier molecular flexibility index (Phi) is 6.57. The lowest BCUT2D eigenvalue weighted by molar-refractivity contribution is -0.0546. The average Bonchev–Trinajstić information content (AvgIpc) is 2.36. The topological polar surface area (TPSA) is 30.5 Å². The summed E-state index contributed by atoms with van der Waals surface area (Å²) in [6.07, 6.45) is 0.873. The Morgan fingerprint density at radius 2 is 1.75 bits per heavy atom. The van der Waals surface area contributed by atoms with Gasteiger partial charge in [0.25, 0.3) is 0 Å². The number of alkyl halides is 4. The monoisotopic (exact) mass is 295 g/mol. The molecule has 3 nitrogen and oxygen atoms in total. The van der Waals surface area contributed by atoms with E-state index in [1.54, 1.807) is 0 Å². The average molecular weight is 295 g/mol. The van der Waals surface area contributed by atoms with Crippen LogP contribution in [-0.4, -0.2) is 19.3 Å². The van der Waals surface area contributed by atoms with Crippen LogP contribution in [0.3, 0.4) is 0 Å². The SMILES string of the molecule is CCC(C)NCc1ccc(OC(F)F)cc1OC(F)F. The van der Waals surface area contributed by atoms with Crippen LogP contribution >= 0.6 is 0 Å². The second-order valence-electron chi connectivity index (χ2n) is 4.22. The van der Waals surface area contributed by atoms with Crippen LogP contribution in [0, 0.1) is 0 Å². The molecule has 0 aliphatic rings. The van der Waals surface area contributed by atoms with Crippen LogP contribution in [0.5, 0.6) is 11.5 Å². The van der Waals surface area contributed by atoms with E-state index >= 15 is 0 Å². The van der Waals surface area contributed by atoms with Gasteiger partial charge in [-0.2, -0.15) is 17.6 Å². The second-order valence-corrected chi connectivity index (χ2v) is 4.22. The molecule has 0 heterocycles. The highest BCUT2D eigenvalue weighted by Gasteiger charge is 2.13. The first-order chi connectivity index (χ1) is 9.42. The molecule has 0 bridgehead atoms. The van der Waals surface area contributed by atoms with Crippen molar-refractivity contribution in [3.8, 4) is 11.5 Å². The minimum Gasteiger partial charge on any atom is -0.435 e. The first-order valence-electron chi connectivity index (χ1n) is 6.18. The first-order valence-corrected chi connectivity index (χ1v) is 6.18. The van der Waals surface area contributed by atoms with Crippen molar-refractivity contribution in [1.29, 1.82) is 0 Å². The van der Waals surface area contributed by atoms with Gasteiger partial charge in [-0.15, -0.1) is 0 Å². The van der Waals surface area contributed by atoms with Crippen molar-refractivity contribution in [3.05, 3.63) is 23.8 Å². The van der Waals surface area contributed by atoms with Gasteiger partial charge in [0.1, 0.15) is 11.5 Å². The molecule has 0 aromatic heterocycles. The maximum atomic E-state index is 12.3. The minimum atomic E-state index is -3.03. The summed E-state index contributed by atoms with van der Waals surface area (Å²) in [6, 6.07) is 3.95. The molecule has 0 saturated carbocycles. The zero-order chi connectivity index (χ0) is 15.1. The quantitative estimate of drug-likeness (QED) is 0.740. The lowest BCUT2D eigenvalue weighted by Crippen LogP contribution is -2.24. The van der Waals surface area contributed by atoms with Crippen LogP contribution in [0.25, 0.3) is 0 Å². The molecule has 0 saturated heterocycles. The van der Waals surface area contributed by atoms with Gasteiger partial charge in [0.05, 0.1) is 0 Å². The van der Waals surface area contributed by atoms with Crippen molar-refractivity contribution in [1.82, 2.24) is 5.32 Å². The number of benzene rings is 1. The standard InChI is InChI=1S/C13H17F4NO2/c1-3-8(2)18-7-9-4-5-10(19-12(14)15)6-11(9)20-13(16)17/h4-6,8,12-13,18H,3,7H2,1-2H3. The fourth-order valence-corrected chi connectivity index (χ4v) is 1.49. The third-order valence-corrected chi connectivity index (χ3v) is 2.73. The van der Waals surface area contributed by atoms with E-state index < -0.39 is 13.2 Å². The Morgan fingerprint density at radius 3 is 2.30 bits per heavy atom. The van der Waals surface area contributed by atoms with Crippen LogP contribution in [0.4, 0.5) is 17.6 Å². The van der Waals surface area contributed by atoms with E-state index in [1.165, 1.54) is 12.1 Å². The molecular weight excluding hydrogens is 278 g/mol. The normalized spacial score (nSPS) is 12.8. The summed E-state index contributed by atoms with van der Waals surface area (Å²) in [6.45, 7) is -1.82. The van der Waals surface area contributed by atoms with Crippen LogP contribution in [-0.2, 0) is 6.54 Å². The van der Waals surface area contributed by atoms with E-state index in [-0.39, 0.29) is 17.5 Å². The van der Waals surface area contributed by atoms with E-state index in [4.69, 9.17) is 0 Å². The lowest BCUT2D eigenvalue weighted by Gasteiger charge is -2.16. The zero-order valence-corrected chi connectivity index (χ0v) is 11.2. The van der Waals surface area contributed by atoms with Gasteiger partial charge < -0.3 is 14.8 Å². The van der Waals surface area contributed by atoms with Gasteiger partial charge in [-0.25, -0.2) is 0 Å². The van der Waals surface area contributed by atoms with Gasteiger partial charge in [-0.1, -0.05) is 13.0 Å². The summed E-state index contributed by atoms with van der Waals surface area (Å²) in [5.74, 6) is -0.392. The number of rotatable bonds is 8. The third kappa shape index (κ3) is 5.64. The highest BCUT2D eigenvalue weighted by molar-refractivity contribution is 5.40. The van der Waals surface area contributed by atoms with Crippen molar-refractivity contribution >= 4 is 0 Å². The van der Waals surface area contributed by atoms with E-state index in [2.05, 4.69) is 14.8 Å². The molecule has 1 unspecified atom stereocenters. The number of nitrogens with one attached hydrogen (secondary N) is 1. The molecule has 1 aromatic rings. The van der Waals surface area contributed by atoms with Gasteiger partial charge in [-0.3, -0.25) is 0 Å². The molecule has 0 radical (unpaired) electrons. The number of hydrogen-bond donors (Lipinski definition) is 1. The molecule has 0 amide bonds. The molecule has 1 rings (SSSR count). The number of ether oxygens (including phenoxy) is 2. The molecule has 20 heavy (non-hydrogen) atoms. The molecular formula is C13H17F4NO2. The molecule has 0 aliphatic carbocycles. The zero-order valence-electron chi connectivity index (χ0n) is 11.2. The van der Waals surface area contributed by atoms with E-state index in [0.717, 1.165) is 12.5 Å². The summed E-state index contributed by atoms with van der Waals surface area (Å²) in [5.41, 5.74) is 0.451. The minimum absolute atomic E-state index is 0.172. The Morgan fingerprint density at radius 1 is 1.10 bits per heavy atom. The number of halogens is 4. The molecule has 0 aliphatic heterocycles. The Balaban J connectivity index is 2.85. The van der Waals surface area contributed by atoms with Crippen molar-refractivity contribution in [2.45, 2.75) is 46.1 Å². The van der Waals surface area contributed by atoms with Crippen molar-refractivity contribution in [2.75, 3.05) is 0 Å². The molecule has 0 spiro atoms. The highest BCUT2D eigenvalue weighted by Crippen LogP contribution is 2.27. The molecule has 7 heteroatoms. The summed E-state index contributed by atoms with van der Waals surface area (Å²) in [4.78, 5) is 0. The van der Waals surface area contributed by atoms with Crippen LogP contribution in [0.15, 0.2) is 18.2 Å². The Bertz CT molecular complexity index is 415. The molecule has 1 atom stereocenters. The van der Waals surface area contributed by atoms with Crippen LogP contribution in [0.1, 0.15) is 25.8 Å². The fourth-order valence-electron chi connectivity index (χ4n) is 1.49. The van der Waals surface area contributed by atoms with E-state index in [0.29, 0.717) is 12.1 Å². The summed E-state index contributed by atoms with van der Waals surface area (Å²) in [5, 5.41) is 3.11. The first kappa shape index (κ1) is 16.6. The predicted octanol–water partition coefficient (Wildman–Crippen LogP) is 3.78. The maximum Gasteiger partial charge on any atom is 0.387 e. The van der Waals surface area contributed by atoms with Gasteiger partial charge in [0.15, 0.2) is 0 Å². The van der Waals surface area contributed by atoms with Crippen LogP contribution in [0.2, 0.25) is 0 Å². The van der Waals surface area contributed by atoms with Crippen molar-refractivity contribution in [3.63, 3.8) is 0 Å². The lowest BCUT2D eigenvalue weighted by atomic mass is 10.1. The third-order valence-electron chi connectivity index (χ3n) is 2.73. The van der Waals surface area contributed by atoms with Crippen molar-refractivity contribution in [2.24, 2.45) is 0 Å². The van der Waals surface area contributed by atoms with Gasteiger partial charge in [-0.05, 0) is 19.4 Å². The smallest absolute Gasteiger partial charge is 0.387 e.